The van der Waals surface area contributed by atoms with Crippen LogP contribution >= 0.6 is 11.3 Å². The molecule has 3 heterocycles. The van der Waals surface area contributed by atoms with E-state index in [0.717, 1.165) is 27.2 Å². The van der Waals surface area contributed by atoms with Crippen molar-refractivity contribution in [1.29, 1.82) is 0 Å². The summed E-state index contributed by atoms with van der Waals surface area (Å²) in [6.07, 6.45) is 0.978. The number of carbonyl (C=O) groups is 2. The molecule has 1 aliphatic rings. The summed E-state index contributed by atoms with van der Waals surface area (Å²) in [5.74, 6) is -0.218. The number of nitrogens with zero attached hydrogens (tertiary/aromatic N) is 1. The minimum absolute atomic E-state index is 0.0613. The summed E-state index contributed by atoms with van der Waals surface area (Å²) in [4.78, 5) is 28.7. The smallest absolute Gasteiger partial charge is 0.247 e. The van der Waals surface area contributed by atoms with Gasteiger partial charge in [-0.05, 0) is 31.9 Å². The summed E-state index contributed by atoms with van der Waals surface area (Å²) < 4.78 is 0. The highest BCUT2D eigenvalue weighted by Gasteiger charge is 2.27. The van der Waals surface area contributed by atoms with Gasteiger partial charge in [-0.15, -0.1) is 11.3 Å². The second kappa shape index (κ2) is 4.86. The molecule has 1 fully saturated rings. The number of anilines is 1. The summed E-state index contributed by atoms with van der Waals surface area (Å²) in [6.45, 7) is 3.97. The number of aryl methyl sites for hydroxylation is 2. The molecule has 3 rings (SSSR count). The summed E-state index contributed by atoms with van der Waals surface area (Å²) in [7, 11) is 0. The van der Waals surface area contributed by atoms with Gasteiger partial charge in [-0.1, -0.05) is 0 Å². The van der Waals surface area contributed by atoms with Gasteiger partial charge in [0.05, 0.1) is 5.69 Å². The lowest BCUT2D eigenvalue weighted by atomic mass is 10.1. The van der Waals surface area contributed by atoms with E-state index in [1.807, 2.05) is 25.3 Å². The van der Waals surface area contributed by atoms with Gasteiger partial charge in [-0.2, -0.15) is 0 Å². The van der Waals surface area contributed by atoms with E-state index in [1.54, 1.807) is 0 Å². The van der Waals surface area contributed by atoms with Crippen LogP contribution in [-0.4, -0.2) is 22.8 Å². The van der Waals surface area contributed by atoms with Gasteiger partial charge < -0.3 is 10.6 Å². The molecule has 2 aromatic rings. The number of carbonyl (C=O) groups excluding carboxylic acids is 2. The van der Waals surface area contributed by atoms with Crippen molar-refractivity contribution < 1.29 is 9.59 Å². The van der Waals surface area contributed by atoms with Crippen molar-refractivity contribution in [2.24, 2.45) is 0 Å². The molecule has 1 unspecified atom stereocenters. The molecule has 2 aromatic heterocycles. The topological polar surface area (TPSA) is 71.1 Å². The van der Waals surface area contributed by atoms with E-state index < -0.39 is 6.04 Å². The largest absolute Gasteiger partial charge is 0.344 e. The van der Waals surface area contributed by atoms with Crippen molar-refractivity contribution >= 4 is 39.1 Å². The van der Waals surface area contributed by atoms with Crippen LogP contribution in [0.3, 0.4) is 0 Å². The zero-order valence-electron chi connectivity index (χ0n) is 11.3. The SMILES string of the molecule is Cc1cc(C)c2c(NC(=O)C3CCC(=O)N3)csc2n1. The van der Waals surface area contributed by atoms with E-state index in [9.17, 15) is 9.59 Å². The first-order valence-corrected chi connectivity index (χ1v) is 7.38. The summed E-state index contributed by atoms with van der Waals surface area (Å²) >= 11 is 1.51. The maximum atomic E-state index is 12.1. The zero-order chi connectivity index (χ0) is 14.3. The molecule has 2 amide bonds. The molecule has 0 saturated carbocycles. The third-order valence-electron chi connectivity index (χ3n) is 3.44. The fourth-order valence-corrected chi connectivity index (χ4v) is 3.50. The molecule has 0 aromatic carbocycles. The Kier molecular flexibility index (Phi) is 3.17. The van der Waals surface area contributed by atoms with Crippen LogP contribution in [0.4, 0.5) is 5.69 Å². The quantitative estimate of drug-likeness (QED) is 0.889. The van der Waals surface area contributed by atoms with E-state index in [4.69, 9.17) is 0 Å². The predicted octanol–water partition coefficient (Wildman–Crippen LogP) is 2.13. The van der Waals surface area contributed by atoms with E-state index >= 15 is 0 Å². The van der Waals surface area contributed by atoms with E-state index in [0.29, 0.717) is 12.8 Å². The highest BCUT2D eigenvalue weighted by atomic mass is 32.1. The molecule has 104 valence electrons. The molecule has 1 saturated heterocycles. The number of amides is 2. The number of thiophene rings is 1. The van der Waals surface area contributed by atoms with Crippen molar-refractivity contribution in [2.75, 3.05) is 5.32 Å². The molecular weight excluding hydrogens is 274 g/mol. The van der Waals surface area contributed by atoms with Crippen LogP contribution in [0.2, 0.25) is 0 Å². The lowest BCUT2D eigenvalue weighted by molar-refractivity contribution is -0.122. The van der Waals surface area contributed by atoms with Crippen LogP contribution in [0.15, 0.2) is 11.4 Å². The Morgan fingerprint density at radius 1 is 1.50 bits per heavy atom. The molecule has 1 atom stereocenters. The molecule has 5 nitrogen and oxygen atoms in total. The van der Waals surface area contributed by atoms with Gasteiger partial charge in [0.1, 0.15) is 10.9 Å². The number of hydrogen-bond donors (Lipinski definition) is 2. The Labute approximate surface area is 120 Å². The molecule has 2 N–H and O–H groups in total. The van der Waals surface area contributed by atoms with Crippen molar-refractivity contribution in [1.82, 2.24) is 10.3 Å². The van der Waals surface area contributed by atoms with Crippen molar-refractivity contribution in [3.63, 3.8) is 0 Å². The Hall–Kier alpha value is -1.95. The van der Waals surface area contributed by atoms with Gasteiger partial charge in [0, 0.05) is 22.9 Å². The Bertz CT molecular complexity index is 708. The average Bonchev–Trinajstić information content (AvgIpc) is 2.96. The second-order valence-corrected chi connectivity index (χ2v) is 5.92. The third-order valence-corrected chi connectivity index (χ3v) is 4.31. The predicted molar refractivity (Wildman–Crippen MR) is 78.9 cm³/mol. The van der Waals surface area contributed by atoms with Crippen LogP contribution in [0.1, 0.15) is 24.1 Å². The van der Waals surface area contributed by atoms with Crippen molar-refractivity contribution in [3.8, 4) is 0 Å². The fourth-order valence-electron chi connectivity index (χ4n) is 2.51. The second-order valence-electron chi connectivity index (χ2n) is 5.06. The van der Waals surface area contributed by atoms with E-state index in [2.05, 4.69) is 15.6 Å². The van der Waals surface area contributed by atoms with Gasteiger partial charge in [0.15, 0.2) is 0 Å². The summed E-state index contributed by atoms with van der Waals surface area (Å²) in [5, 5.41) is 8.47. The van der Waals surface area contributed by atoms with Crippen LogP contribution in [0.25, 0.3) is 10.2 Å². The molecule has 0 aliphatic carbocycles. The molecule has 1 aliphatic heterocycles. The number of aromatic nitrogens is 1. The Morgan fingerprint density at radius 2 is 2.30 bits per heavy atom. The normalized spacial score (nSPS) is 18.3. The number of nitrogens with one attached hydrogen (secondary N) is 2. The van der Waals surface area contributed by atoms with E-state index in [-0.39, 0.29) is 11.8 Å². The highest BCUT2D eigenvalue weighted by Crippen LogP contribution is 2.32. The first kappa shape index (κ1) is 13.1. The lowest BCUT2D eigenvalue weighted by Crippen LogP contribution is -2.37. The molecule has 0 spiro atoms. The van der Waals surface area contributed by atoms with Crippen LogP contribution in [0, 0.1) is 13.8 Å². The van der Waals surface area contributed by atoms with Gasteiger partial charge in [-0.25, -0.2) is 4.98 Å². The summed E-state index contributed by atoms with van der Waals surface area (Å²) in [6, 6.07) is 1.58. The molecule has 0 radical (unpaired) electrons. The highest BCUT2D eigenvalue weighted by molar-refractivity contribution is 7.17. The maximum absolute atomic E-state index is 12.1. The Balaban J connectivity index is 1.88. The number of rotatable bonds is 2. The standard InChI is InChI=1S/C14H15N3O2S/c1-7-5-8(2)15-14-12(7)10(6-20-14)17-13(19)9-3-4-11(18)16-9/h5-6,9H,3-4H2,1-2H3,(H,16,18)(H,17,19). The van der Waals surface area contributed by atoms with Crippen LogP contribution in [0.5, 0.6) is 0 Å². The van der Waals surface area contributed by atoms with Crippen LogP contribution in [-0.2, 0) is 9.59 Å². The minimum Gasteiger partial charge on any atom is -0.344 e. The average molecular weight is 289 g/mol. The lowest BCUT2D eigenvalue weighted by Gasteiger charge is -2.10. The van der Waals surface area contributed by atoms with Crippen molar-refractivity contribution in [3.05, 3.63) is 22.7 Å². The van der Waals surface area contributed by atoms with Gasteiger partial charge >= 0.3 is 0 Å². The Morgan fingerprint density at radius 3 is 3.00 bits per heavy atom. The maximum Gasteiger partial charge on any atom is 0.247 e. The monoisotopic (exact) mass is 289 g/mol. The number of hydrogen-bond acceptors (Lipinski definition) is 4. The number of fused-ring (bicyclic) bond motifs is 1. The van der Waals surface area contributed by atoms with Gasteiger partial charge in [0.25, 0.3) is 0 Å². The van der Waals surface area contributed by atoms with Gasteiger partial charge in [-0.3, -0.25) is 9.59 Å². The van der Waals surface area contributed by atoms with Crippen molar-refractivity contribution in [2.45, 2.75) is 32.7 Å². The van der Waals surface area contributed by atoms with E-state index in [1.165, 1.54) is 11.3 Å². The zero-order valence-corrected chi connectivity index (χ0v) is 12.1. The minimum atomic E-state index is -0.420. The number of pyridine rings is 1. The first-order chi connectivity index (χ1) is 9.54. The summed E-state index contributed by atoms with van der Waals surface area (Å²) in [5.41, 5.74) is 2.85. The first-order valence-electron chi connectivity index (χ1n) is 6.50. The fraction of sp³-hybridized carbons (Fsp3) is 0.357. The van der Waals surface area contributed by atoms with Crippen LogP contribution < -0.4 is 10.6 Å². The molecule has 6 heteroatoms. The molecule has 20 heavy (non-hydrogen) atoms. The molecule has 0 bridgehead atoms. The van der Waals surface area contributed by atoms with Gasteiger partial charge in [0.2, 0.25) is 11.8 Å². The third kappa shape index (κ3) is 2.27. The molecular formula is C14H15N3O2S.